The third kappa shape index (κ3) is 6.88. The van der Waals surface area contributed by atoms with Gasteiger partial charge in [0.15, 0.2) is 0 Å². The van der Waals surface area contributed by atoms with Crippen molar-refractivity contribution in [1.29, 1.82) is 0 Å². The number of thiazole rings is 1. The number of nitrogens with one attached hydrogen (secondary N) is 2. The number of sulfonamides is 1. The van der Waals surface area contributed by atoms with Gasteiger partial charge in [-0.15, -0.1) is 11.3 Å². The lowest BCUT2D eigenvalue weighted by Crippen LogP contribution is -2.31. The smallest absolute Gasteiger partial charge is 0.354 e. The Labute approximate surface area is 165 Å². The van der Waals surface area contributed by atoms with Gasteiger partial charge in [0.05, 0.1) is 23.4 Å². The standard InChI is InChI=1S/C17H20F3N3O3S2/c1-11(2)22-15(24)9-16-23-14(10-27-16)12-3-5-13(6-4-12)28(25,26)21-8-7-17(18,19)20/h3-6,10-11,21H,7-9H2,1-2H3,(H,22,24). The van der Waals surface area contributed by atoms with Crippen molar-refractivity contribution in [3.63, 3.8) is 0 Å². The first-order chi connectivity index (χ1) is 13.0. The van der Waals surface area contributed by atoms with E-state index < -0.39 is 29.2 Å². The molecule has 28 heavy (non-hydrogen) atoms. The van der Waals surface area contributed by atoms with Gasteiger partial charge in [-0.1, -0.05) is 12.1 Å². The number of alkyl halides is 3. The highest BCUT2D eigenvalue weighted by molar-refractivity contribution is 7.89. The zero-order valence-corrected chi connectivity index (χ0v) is 16.8. The van der Waals surface area contributed by atoms with E-state index in [1.807, 2.05) is 18.6 Å². The minimum atomic E-state index is -4.43. The average Bonchev–Trinajstić information content (AvgIpc) is 3.01. The Balaban J connectivity index is 2.03. The molecule has 1 aromatic heterocycles. The van der Waals surface area contributed by atoms with Gasteiger partial charge in [0.2, 0.25) is 15.9 Å². The van der Waals surface area contributed by atoms with Crippen molar-refractivity contribution >= 4 is 27.3 Å². The van der Waals surface area contributed by atoms with E-state index in [0.717, 1.165) is 0 Å². The molecule has 1 aromatic carbocycles. The molecule has 11 heteroatoms. The maximum absolute atomic E-state index is 12.2. The van der Waals surface area contributed by atoms with Crippen molar-refractivity contribution in [2.45, 2.75) is 43.8 Å². The van der Waals surface area contributed by atoms with E-state index in [4.69, 9.17) is 0 Å². The molecule has 0 aliphatic heterocycles. The lowest BCUT2D eigenvalue weighted by molar-refractivity contribution is -0.132. The van der Waals surface area contributed by atoms with Crippen LogP contribution in [0.25, 0.3) is 11.3 Å². The molecule has 2 aromatic rings. The second kappa shape index (κ2) is 9.01. The molecule has 2 N–H and O–H groups in total. The van der Waals surface area contributed by atoms with E-state index >= 15 is 0 Å². The minimum absolute atomic E-state index is 0.0335. The normalized spacial score (nSPS) is 12.4. The fourth-order valence-corrected chi connectivity index (χ4v) is 4.08. The van der Waals surface area contributed by atoms with E-state index in [1.165, 1.54) is 35.6 Å². The highest BCUT2D eigenvalue weighted by Crippen LogP contribution is 2.24. The monoisotopic (exact) mass is 435 g/mol. The highest BCUT2D eigenvalue weighted by atomic mass is 32.2. The quantitative estimate of drug-likeness (QED) is 0.667. The summed E-state index contributed by atoms with van der Waals surface area (Å²) in [6.07, 6.45) is -5.52. The molecule has 0 bridgehead atoms. The molecule has 154 valence electrons. The van der Waals surface area contributed by atoms with E-state index in [2.05, 4.69) is 10.3 Å². The van der Waals surface area contributed by atoms with Crippen LogP contribution in [0.1, 0.15) is 25.3 Å². The summed E-state index contributed by atoms with van der Waals surface area (Å²) in [6, 6.07) is 5.67. The summed E-state index contributed by atoms with van der Waals surface area (Å²) >= 11 is 1.31. The average molecular weight is 435 g/mol. The van der Waals surface area contributed by atoms with Crippen LogP contribution in [0.3, 0.4) is 0 Å². The molecule has 0 saturated carbocycles. The predicted molar refractivity (Wildman–Crippen MR) is 100 cm³/mol. The van der Waals surface area contributed by atoms with Crippen molar-refractivity contribution in [2.24, 2.45) is 0 Å². The van der Waals surface area contributed by atoms with Crippen molar-refractivity contribution in [3.8, 4) is 11.3 Å². The summed E-state index contributed by atoms with van der Waals surface area (Å²) in [5, 5.41) is 5.15. The first-order valence-electron chi connectivity index (χ1n) is 8.37. The van der Waals surface area contributed by atoms with Crippen LogP contribution < -0.4 is 10.0 Å². The lowest BCUT2D eigenvalue weighted by atomic mass is 10.2. The van der Waals surface area contributed by atoms with Gasteiger partial charge in [0, 0.05) is 23.5 Å². The van der Waals surface area contributed by atoms with Crippen LogP contribution in [-0.2, 0) is 21.2 Å². The molecule has 0 radical (unpaired) electrons. The zero-order valence-electron chi connectivity index (χ0n) is 15.2. The second-order valence-corrected chi connectivity index (χ2v) is 9.02. The second-order valence-electron chi connectivity index (χ2n) is 6.31. The molecular formula is C17H20F3N3O3S2. The molecule has 0 fully saturated rings. The minimum Gasteiger partial charge on any atom is -0.354 e. The molecule has 0 unspecified atom stereocenters. The number of carbonyl (C=O) groups is 1. The molecule has 0 atom stereocenters. The van der Waals surface area contributed by atoms with Crippen molar-refractivity contribution in [1.82, 2.24) is 15.0 Å². The van der Waals surface area contributed by atoms with Gasteiger partial charge in [0.1, 0.15) is 5.01 Å². The number of rotatable bonds is 8. The topological polar surface area (TPSA) is 88.2 Å². The summed E-state index contributed by atoms with van der Waals surface area (Å²) in [5.74, 6) is -0.137. The van der Waals surface area contributed by atoms with Gasteiger partial charge in [-0.05, 0) is 26.0 Å². The summed E-state index contributed by atoms with van der Waals surface area (Å²) in [4.78, 5) is 16.0. The Kier molecular flexibility index (Phi) is 7.18. The fourth-order valence-electron chi connectivity index (χ4n) is 2.25. The zero-order chi connectivity index (χ0) is 20.9. The number of halogens is 3. The van der Waals surface area contributed by atoms with E-state index in [1.54, 1.807) is 5.38 Å². The summed E-state index contributed by atoms with van der Waals surface area (Å²) in [6.45, 7) is 3.00. The van der Waals surface area contributed by atoms with Crippen LogP contribution in [0.4, 0.5) is 13.2 Å². The SMILES string of the molecule is CC(C)NC(=O)Cc1nc(-c2ccc(S(=O)(=O)NCCC(F)(F)F)cc2)cs1. The van der Waals surface area contributed by atoms with Crippen LogP contribution in [0.2, 0.25) is 0 Å². The van der Waals surface area contributed by atoms with Gasteiger partial charge in [-0.3, -0.25) is 4.79 Å². The number of carbonyl (C=O) groups excluding carboxylic acids is 1. The molecule has 0 aliphatic carbocycles. The fraction of sp³-hybridized carbons (Fsp3) is 0.412. The van der Waals surface area contributed by atoms with Gasteiger partial charge in [0.25, 0.3) is 0 Å². The third-order valence-electron chi connectivity index (χ3n) is 3.47. The first kappa shape index (κ1) is 22.3. The maximum atomic E-state index is 12.2. The molecule has 2 rings (SSSR count). The molecular weight excluding hydrogens is 415 g/mol. The Morgan fingerprint density at radius 1 is 1.21 bits per heavy atom. The Bertz CT molecular complexity index is 908. The molecule has 1 heterocycles. The maximum Gasteiger partial charge on any atom is 0.390 e. The number of hydrogen-bond donors (Lipinski definition) is 2. The largest absolute Gasteiger partial charge is 0.390 e. The third-order valence-corrected chi connectivity index (χ3v) is 5.80. The number of aromatic nitrogens is 1. The molecule has 0 aliphatic rings. The van der Waals surface area contributed by atoms with Crippen LogP contribution >= 0.6 is 11.3 Å². The molecule has 0 saturated heterocycles. The summed E-state index contributed by atoms with van der Waals surface area (Å²) in [5.41, 5.74) is 1.23. The van der Waals surface area contributed by atoms with Crippen molar-refractivity contribution in [2.75, 3.05) is 6.54 Å². The highest BCUT2D eigenvalue weighted by Gasteiger charge is 2.27. The number of hydrogen-bond acceptors (Lipinski definition) is 5. The number of amides is 1. The Morgan fingerprint density at radius 2 is 1.86 bits per heavy atom. The van der Waals surface area contributed by atoms with E-state index in [0.29, 0.717) is 16.3 Å². The number of benzene rings is 1. The van der Waals surface area contributed by atoms with Gasteiger partial charge < -0.3 is 5.32 Å². The summed E-state index contributed by atoms with van der Waals surface area (Å²) in [7, 11) is -4.02. The molecule has 0 spiro atoms. The van der Waals surface area contributed by atoms with E-state index in [9.17, 15) is 26.4 Å². The van der Waals surface area contributed by atoms with Gasteiger partial charge in [-0.2, -0.15) is 13.2 Å². The summed E-state index contributed by atoms with van der Waals surface area (Å²) < 4.78 is 62.5. The van der Waals surface area contributed by atoms with Crippen LogP contribution in [0.5, 0.6) is 0 Å². The van der Waals surface area contributed by atoms with E-state index in [-0.39, 0.29) is 23.3 Å². The van der Waals surface area contributed by atoms with Crippen molar-refractivity contribution in [3.05, 3.63) is 34.7 Å². The predicted octanol–water partition coefficient (Wildman–Crippen LogP) is 3.11. The Morgan fingerprint density at radius 3 is 2.43 bits per heavy atom. The van der Waals surface area contributed by atoms with Crippen LogP contribution in [0.15, 0.2) is 34.5 Å². The number of nitrogens with zero attached hydrogens (tertiary/aromatic N) is 1. The van der Waals surface area contributed by atoms with Gasteiger partial charge >= 0.3 is 6.18 Å². The molecule has 1 amide bonds. The van der Waals surface area contributed by atoms with Gasteiger partial charge in [-0.25, -0.2) is 18.1 Å². The molecule has 6 nitrogen and oxygen atoms in total. The van der Waals surface area contributed by atoms with Crippen molar-refractivity contribution < 1.29 is 26.4 Å². The van der Waals surface area contributed by atoms with Crippen LogP contribution in [-0.4, -0.2) is 38.1 Å². The first-order valence-corrected chi connectivity index (χ1v) is 10.7. The van der Waals surface area contributed by atoms with Crippen LogP contribution in [0, 0.1) is 0 Å². The Hall–Kier alpha value is -1.98. The lowest BCUT2D eigenvalue weighted by Gasteiger charge is -2.09.